The normalized spacial score (nSPS) is 21.3. The lowest BCUT2D eigenvalue weighted by atomic mass is 9.96. The first kappa shape index (κ1) is 14.5. The molecular weight excluding hydrogens is 292 g/mol. The Morgan fingerprint density at radius 2 is 1.95 bits per heavy atom. The molecule has 7 nitrogen and oxygen atoms in total. The highest BCUT2D eigenvalue weighted by Gasteiger charge is 2.32. The minimum absolute atomic E-state index is 0.0653. The zero-order valence-electron chi connectivity index (χ0n) is 12.1. The van der Waals surface area contributed by atoms with Crippen molar-refractivity contribution < 1.29 is 13.2 Å². The van der Waals surface area contributed by atoms with Gasteiger partial charge in [-0.1, -0.05) is 0 Å². The standard InChI is InChI=1S/C13H20N4O3S/c1-21(19,20)17-5-2-11(3-6-17)13(18)16-9-8-15-7-4-14-12(15)10-16/h4,7,11H,2-3,5-6,8-10H2,1H3. The summed E-state index contributed by atoms with van der Waals surface area (Å²) in [4.78, 5) is 18.7. The highest BCUT2D eigenvalue weighted by atomic mass is 32.2. The van der Waals surface area contributed by atoms with Gasteiger partial charge in [0, 0.05) is 44.5 Å². The second kappa shape index (κ2) is 5.42. The summed E-state index contributed by atoms with van der Waals surface area (Å²) >= 11 is 0. The molecule has 1 saturated heterocycles. The summed E-state index contributed by atoms with van der Waals surface area (Å²) in [7, 11) is -3.14. The molecule has 0 aromatic carbocycles. The van der Waals surface area contributed by atoms with Gasteiger partial charge in [0.15, 0.2) is 0 Å². The van der Waals surface area contributed by atoms with Gasteiger partial charge in [-0.25, -0.2) is 17.7 Å². The zero-order valence-corrected chi connectivity index (χ0v) is 12.9. The fraction of sp³-hybridized carbons (Fsp3) is 0.692. The van der Waals surface area contributed by atoms with Crippen LogP contribution in [0.4, 0.5) is 0 Å². The quantitative estimate of drug-likeness (QED) is 0.764. The average molecular weight is 312 g/mol. The van der Waals surface area contributed by atoms with Crippen LogP contribution < -0.4 is 0 Å². The second-order valence-corrected chi connectivity index (χ2v) is 7.72. The molecule has 116 valence electrons. The van der Waals surface area contributed by atoms with Gasteiger partial charge in [0.1, 0.15) is 5.82 Å². The Bertz CT molecular complexity index is 632. The first-order chi connectivity index (χ1) is 9.95. The van der Waals surface area contributed by atoms with Gasteiger partial charge in [0.05, 0.1) is 12.8 Å². The van der Waals surface area contributed by atoms with E-state index < -0.39 is 10.0 Å². The molecular formula is C13H20N4O3S. The van der Waals surface area contributed by atoms with E-state index in [0.717, 1.165) is 12.4 Å². The Morgan fingerprint density at radius 1 is 1.24 bits per heavy atom. The highest BCUT2D eigenvalue weighted by molar-refractivity contribution is 7.88. The fourth-order valence-corrected chi connectivity index (χ4v) is 3.93. The summed E-state index contributed by atoms with van der Waals surface area (Å²) in [6.07, 6.45) is 6.13. The Hall–Kier alpha value is -1.41. The van der Waals surface area contributed by atoms with Crippen LogP contribution in [-0.4, -0.2) is 59.0 Å². The van der Waals surface area contributed by atoms with Crippen LogP contribution in [0.2, 0.25) is 0 Å². The van der Waals surface area contributed by atoms with Crippen molar-refractivity contribution in [2.75, 3.05) is 25.9 Å². The number of hydrogen-bond acceptors (Lipinski definition) is 4. The molecule has 0 bridgehead atoms. The number of amides is 1. The number of piperidine rings is 1. The average Bonchev–Trinajstić information content (AvgIpc) is 2.93. The molecule has 0 N–H and O–H groups in total. The largest absolute Gasteiger partial charge is 0.333 e. The van der Waals surface area contributed by atoms with Crippen molar-refractivity contribution in [2.45, 2.75) is 25.9 Å². The Balaban J connectivity index is 1.60. The first-order valence-corrected chi connectivity index (χ1v) is 9.04. The Kier molecular flexibility index (Phi) is 3.75. The first-order valence-electron chi connectivity index (χ1n) is 7.19. The molecule has 0 unspecified atom stereocenters. The molecule has 1 fully saturated rings. The number of carbonyl (C=O) groups excluding carboxylic acids is 1. The molecule has 8 heteroatoms. The Morgan fingerprint density at radius 3 is 2.62 bits per heavy atom. The lowest BCUT2D eigenvalue weighted by Crippen LogP contribution is -2.46. The molecule has 3 heterocycles. The number of nitrogens with zero attached hydrogens (tertiary/aromatic N) is 4. The zero-order chi connectivity index (χ0) is 15.0. The molecule has 3 rings (SSSR count). The van der Waals surface area contributed by atoms with E-state index in [9.17, 15) is 13.2 Å². The number of fused-ring (bicyclic) bond motifs is 1. The van der Waals surface area contributed by atoms with E-state index in [1.807, 2.05) is 11.1 Å². The van der Waals surface area contributed by atoms with E-state index in [0.29, 0.717) is 39.0 Å². The molecule has 1 aromatic heterocycles. The summed E-state index contributed by atoms with van der Waals surface area (Å²) in [6, 6.07) is 0. The Labute approximate surface area is 124 Å². The van der Waals surface area contributed by atoms with Crippen LogP contribution in [0.25, 0.3) is 0 Å². The third-order valence-corrected chi connectivity index (χ3v) is 5.63. The molecule has 0 atom stereocenters. The van der Waals surface area contributed by atoms with E-state index in [1.165, 1.54) is 10.6 Å². The lowest BCUT2D eigenvalue weighted by Gasteiger charge is -2.34. The minimum atomic E-state index is -3.14. The predicted molar refractivity (Wildman–Crippen MR) is 76.8 cm³/mol. The van der Waals surface area contributed by atoms with Crippen molar-refractivity contribution in [1.82, 2.24) is 18.8 Å². The van der Waals surface area contributed by atoms with E-state index >= 15 is 0 Å². The van der Waals surface area contributed by atoms with Gasteiger partial charge < -0.3 is 9.47 Å². The van der Waals surface area contributed by atoms with Crippen molar-refractivity contribution in [3.05, 3.63) is 18.2 Å². The molecule has 1 aromatic rings. The maximum atomic E-state index is 12.6. The van der Waals surface area contributed by atoms with Crippen LogP contribution in [0.1, 0.15) is 18.7 Å². The van der Waals surface area contributed by atoms with Gasteiger partial charge in [-0.3, -0.25) is 4.79 Å². The van der Waals surface area contributed by atoms with Gasteiger partial charge in [-0.15, -0.1) is 0 Å². The van der Waals surface area contributed by atoms with E-state index in [-0.39, 0.29) is 11.8 Å². The maximum absolute atomic E-state index is 12.6. The summed E-state index contributed by atoms with van der Waals surface area (Å²) in [5, 5.41) is 0. The van der Waals surface area contributed by atoms with Gasteiger partial charge in [-0.2, -0.15) is 0 Å². The number of carbonyl (C=O) groups is 1. The van der Waals surface area contributed by atoms with Crippen molar-refractivity contribution >= 4 is 15.9 Å². The lowest BCUT2D eigenvalue weighted by molar-refractivity contribution is -0.138. The number of hydrogen-bond donors (Lipinski definition) is 0. The van der Waals surface area contributed by atoms with Crippen LogP contribution in [-0.2, 0) is 27.9 Å². The number of aromatic nitrogens is 2. The number of rotatable bonds is 2. The van der Waals surface area contributed by atoms with Gasteiger partial charge in [-0.05, 0) is 12.8 Å². The van der Waals surface area contributed by atoms with Gasteiger partial charge in [0.25, 0.3) is 0 Å². The van der Waals surface area contributed by atoms with Crippen molar-refractivity contribution in [1.29, 1.82) is 0 Å². The van der Waals surface area contributed by atoms with Crippen molar-refractivity contribution in [3.8, 4) is 0 Å². The van der Waals surface area contributed by atoms with Gasteiger partial charge >= 0.3 is 0 Å². The molecule has 1 amide bonds. The highest BCUT2D eigenvalue weighted by Crippen LogP contribution is 2.23. The molecule has 0 radical (unpaired) electrons. The van der Waals surface area contributed by atoms with Crippen LogP contribution in [0.5, 0.6) is 0 Å². The molecule has 0 saturated carbocycles. The third kappa shape index (κ3) is 2.96. The molecule has 0 spiro atoms. The van der Waals surface area contributed by atoms with Crippen molar-refractivity contribution in [2.24, 2.45) is 5.92 Å². The summed E-state index contributed by atoms with van der Waals surface area (Å²) in [5.41, 5.74) is 0. The smallest absolute Gasteiger partial charge is 0.226 e. The van der Waals surface area contributed by atoms with E-state index in [1.54, 1.807) is 6.20 Å². The molecule has 2 aliphatic rings. The third-order valence-electron chi connectivity index (χ3n) is 4.33. The SMILES string of the molecule is CS(=O)(=O)N1CCC(C(=O)N2CCn3ccnc3C2)CC1. The van der Waals surface area contributed by atoms with Crippen LogP contribution in [0, 0.1) is 5.92 Å². The van der Waals surface area contributed by atoms with Crippen molar-refractivity contribution in [3.63, 3.8) is 0 Å². The fourth-order valence-electron chi connectivity index (χ4n) is 3.05. The maximum Gasteiger partial charge on any atom is 0.226 e. The second-order valence-electron chi connectivity index (χ2n) is 5.73. The van der Waals surface area contributed by atoms with E-state index in [4.69, 9.17) is 0 Å². The summed E-state index contributed by atoms with van der Waals surface area (Å²) in [6.45, 7) is 2.92. The van der Waals surface area contributed by atoms with Crippen LogP contribution in [0.3, 0.4) is 0 Å². The van der Waals surface area contributed by atoms with E-state index in [2.05, 4.69) is 9.55 Å². The summed E-state index contributed by atoms with van der Waals surface area (Å²) in [5.74, 6) is 0.991. The monoisotopic (exact) mass is 312 g/mol. The molecule has 2 aliphatic heterocycles. The predicted octanol–water partition coefficient (Wildman–Crippen LogP) is -0.103. The summed E-state index contributed by atoms with van der Waals surface area (Å²) < 4.78 is 26.5. The number of imidazole rings is 1. The van der Waals surface area contributed by atoms with Crippen LogP contribution >= 0.6 is 0 Å². The topological polar surface area (TPSA) is 75.5 Å². The molecule has 0 aliphatic carbocycles. The van der Waals surface area contributed by atoms with Crippen LogP contribution in [0.15, 0.2) is 12.4 Å². The minimum Gasteiger partial charge on any atom is -0.333 e. The molecule has 21 heavy (non-hydrogen) atoms. The van der Waals surface area contributed by atoms with Gasteiger partial charge in [0.2, 0.25) is 15.9 Å². The number of sulfonamides is 1.